The lowest BCUT2D eigenvalue weighted by Crippen LogP contribution is -2.46. The maximum atomic E-state index is 12.2. The molecule has 112 valence electrons. The van der Waals surface area contributed by atoms with Gasteiger partial charge in [-0.25, -0.2) is 0 Å². The molecule has 0 spiro atoms. The van der Waals surface area contributed by atoms with Crippen LogP contribution in [0.2, 0.25) is 0 Å². The molecule has 0 aromatic heterocycles. The van der Waals surface area contributed by atoms with Gasteiger partial charge in [0, 0.05) is 32.6 Å². The monoisotopic (exact) mass is 298 g/mol. The second kappa shape index (κ2) is 8.12. The SMILES string of the molecule is COc1ccc(C(C)CC(=O)N2CCNCC2)cc1.Cl. The highest BCUT2D eigenvalue weighted by Gasteiger charge is 2.19. The number of nitrogens with one attached hydrogen (secondary N) is 1. The zero-order valence-electron chi connectivity index (χ0n) is 12.1. The van der Waals surface area contributed by atoms with Crippen LogP contribution >= 0.6 is 12.4 Å². The van der Waals surface area contributed by atoms with E-state index < -0.39 is 0 Å². The molecule has 1 aromatic carbocycles. The average Bonchev–Trinajstić information content (AvgIpc) is 2.48. The van der Waals surface area contributed by atoms with Crippen molar-refractivity contribution in [1.29, 1.82) is 0 Å². The van der Waals surface area contributed by atoms with Crippen LogP contribution in [0.15, 0.2) is 24.3 Å². The Balaban J connectivity index is 0.00000200. The summed E-state index contributed by atoms with van der Waals surface area (Å²) in [6.45, 7) is 5.57. The molecule has 5 heteroatoms. The first-order valence-electron chi connectivity index (χ1n) is 6.83. The van der Waals surface area contributed by atoms with Crippen LogP contribution < -0.4 is 10.1 Å². The van der Waals surface area contributed by atoms with Crippen LogP contribution in [-0.2, 0) is 4.79 Å². The zero-order valence-corrected chi connectivity index (χ0v) is 12.9. The Morgan fingerprint density at radius 3 is 2.45 bits per heavy atom. The van der Waals surface area contributed by atoms with Crippen molar-refractivity contribution in [3.8, 4) is 5.75 Å². The molecule has 0 bridgehead atoms. The van der Waals surface area contributed by atoms with Crippen LogP contribution in [0, 0.1) is 0 Å². The van der Waals surface area contributed by atoms with E-state index in [1.54, 1.807) is 7.11 Å². The largest absolute Gasteiger partial charge is 0.497 e. The number of hydrogen-bond acceptors (Lipinski definition) is 3. The van der Waals surface area contributed by atoms with Gasteiger partial charge in [0.1, 0.15) is 5.75 Å². The lowest BCUT2D eigenvalue weighted by molar-refractivity contribution is -0.132. The van der Waals surface area contributed by atoms with Crippen molar-refractivity contribution in [2.24, 2.45) is 0 Å². The highest BCUT2D eigenvalue weighted by atomic mass is 35.5. The van der Waals surface area contributed by atoms with Gasteiger partial charge in [-0.15, -0.1) is 12.4 Å². The van der Waals surface area contributed by atoms with Gasteiger partial charge >= 0.3 is 0 Å². The minimum Gasteiger partial charge on any atom is -0.497 e. The van der Waals surface area contributed by atoms with Crippen molar-refractivity contribution in [3.63, 3.8) is 0 Å². The molecular formula is C15H23ClN2O2. The number of carbonyl (C=O) groups is 1. The van der Waals surface area contributed by atoms with E-state index in [1.807, 2.05) is 29.2 Å². The molecule has 0 radical (unpaired) electrons. The zero-order chi connectivity index (χ0) is 13.7. The van der Waals surface area contributed by atoms with E-state index >= 15 is 0 Å². The molecule has 0 aliphatic carbocycles. The van der Waals surface area contributed by atoms with Gasteiger partial charge in [-0.1, -0.05) is 19.1 Å². The van der Waals surface area contributed by atoms with Crippen molar-refractivity contribution >= 4 is 18.3 Å². The smallest absolute Gasteiger partial charge is 0.223 e. The molecule has 1 atom stereocenters. The lowest BCUT2D eigenvalue weighted by atomic mass is 9.97. The molecule has 0 saturated carbocycles. The van der Waals surface area contributed by atoms with E-state index in [-0.39, 0.29) is 24.2 Å². The average molecular weight is 299 g/mol. The summed E-state index contributed by atoms with van der Waals surface area (Å²) < 4.78 is 5.14. The Morgan fingerprint density at radius 1 is 1.30 bits per heavy atom. The summed E-state index contributed by atoms with van der Waals surface area (Å²) >= 11 is 0. The van der Waals surface area contributed by atoms with E-state index in [0.29, 0.717) is 6.42 Å². The Kier molecular flexibility index (Phi) is 6.82. The summed E-state index contributed by atoms with van der Waals surface area (Å²) in [6.07, 6.45) is 0.576. The Bertz CT molecular complexity index is 416. The van der Waals surface area contributed by atoms with Crippen molar-refractivity contribution < 1.29 is 9.53 Å². The summed E-state index contributed by atoms with van der Waals surface area (Å²) in [7, 11) is 1.66. The topological polar surface area (TPSA) is 41.6 Å². The van der Waals surface area contributed by atoms with Crippen LogP contribution in [0.5, 0.6) is 5.75 Å². The first-order valence-corrected chi connectivity index (χ1v) is 6.83. The molecule has 1 aliphatic rings. The third kappa shape index (κ3) is 4.39. The standard InChI is InChI=1S/C15H22N2O2.ClH/c1-12(13-3-5-14(19-2)6-4-13)11-15(18)17-9-7-16-8-10-17;/h3-6,12,16H,7-11H2,1-2H3;1H. The van der Waals surface area contributed by atoms with Crippen LogP contribution in [-0.4, -0.2) is 44.1 Å². The van der Waals surface area contributed by atoms with Gasteiger partial charge in [0.2, 0.25) is 5.91 Å². The maximum absolute atomic E-state index is 12.2. The molecule has 1 unspecified atom stereocenters. The van der Waals surface area contributed by atoms with E-state index in [4.69, 9.17) is 4.74 Å². The van der Waals surface area contributed by atoms with Crippen molar-refractivity contribution in [3.05, 3.63) is 29.8 Å². The molecule has 2 rings (SSSR count). The van der Waals surface area contributed by atoms with Gasteiger partial charge in [-0.2, -0.15) is 0 Å². The molecule has 1 fully saturated rings. The van der Waals surface area contributed by atoms with Gasteiger partial charge < -0.3 is 15.0 Å². The van der Waals surface area contributed by atoms with Crippen LogP contribution in [0.1, 0.15) is 24.8 Å². The fourth-order valence-corrected chi connectivity index (χ4v) is 2.36. The number of ether oxygens (including phenoxy) is 1. The normalized spacial score (nSPS) is 16.2. The van der Waals surface area contributed by atoms with Gasteiger partial charge in [0.05, 0.1) is 7.11 Å². The number of piperazine rings is 1. The molecule has 1 heterocycles. The summed E-state index contributed by atoms with van der Waals surface area (Å²) in [5.74, 6) is 1.35. The number of benzene rings is 1. The third-order valence-electron chi connectivity index (χ3n) is 3.64. The summed E-state index contributed by atoms with van der Waals surface area (Å²) in [5.41, 5.74) is 1.18. The second-order valence-electron chi connectivity index (χ2n) is 5.01. The van der Waals surface area contributed by atoms with Crippen molar-refractivity contribution in [1.82, 2.24) is 10.2 Å². The number of methoxy groups -OCH3 is 1. The van der Waals surface area contributed by atoms with Gasteiger partial charge in [0.15, 0.2) is 0 Å². The lowest BCUT2D eigenvalue weighted by Gasteiger charge is -2.28. The number of amides is 1. The summed E-state index contributed by atoms with van der Waals surface area (Å²) in [4.78, 5) is 14.1. The molecule has 1 N–H and O–H groups in total. The number of carbonyl (C=O) groups excluding carboxylic acids is 1. The van der Waals surface area contributed by atoms with E-state index in [1.165, 1.54) is 5.56 Å². The van der Waals surface area contributed by atoms with Crippen LogP contribution in [0.4, 0.5) is 0 Å². The minimum atomic E-state index is 0. The first kappa shape index (κ1) is 16.8. The van der Waals surface area contributed by atoms with Crippen molar-refractivity contribution in [2.45, 2.75) is 19.3 Å². The quantitative estimate of drug-likeness (QED) is 0.925. The van der Waals surface area contributed by atoms with E-state index in [9.17, 15) is 4.79 Å². The van der Waals surface area contributed by atoms with Gasteiger partial charge in [-0.05, 0) is 23.6 Å². The predicted molar refractivity (Wildman–Crippen MR) is 82.7 cm³/mol. The summed E-state index contributed by atoms with van der Waals surface area (Å²) in [5, 5.41) is 3.26. The Morgan fingerprint density at radius 2 is 1.90 bits per heavy atom. The van der Waals surface area contributed by atoms with Crippen LogP contribution in [0.25, 0.3) is 0 Å². The highest BCUT2D eigenvalue weighted by Crippen LogP contribution is 2.22. The fraction of sp³-hybridized carbons (Fsp3) is 0.533. The molecule has 1 aliphatic heterocycles. The Hall–Kier alpha value is -1.26. The second-order valence-corrected chi connectivity index (χ2v) is 5.01. The van der Waals surface area contributed by atoms with Crippen molar-refractivity contribution in [2.75, 3.05) is 33.3 Å². The number of halogens is 1. The van der Waals surface area contributed by atoms with E-state index in [0.717, 1.165) is 31.9 Å². The number of hydrogen-bond donors (Lipinski definition) is 1. The third-order valence-corrected chi connectivity index (χ3v) is 3.64. The number of nitrogens with zero attached hydrogens (tertiary/aromatic N) is 1. The molecule has 20 heavy (non-hydrogen) atoms. The molecular weight excluding hydrogens is 276 g/mol. The number of rotatable bonds is 4. The predicted octanol–water partition coefficient (Wildman–Crippen LogP) is 2.04. The molecule has 1 amide bonds. The molecule has 1 saturated heterocycles. The fourth-order valence-electron chi connectivity index (χ4n) is 2.36. The van der Waals surface area contributed by atoms with Gasteiger partial charge in [0.25, 0.3) is 0 Å². The maximum Gasteiger partial charge on any atom is 0.223 e. The first-order chi connectivity index (χ1) is 9.20. The highest BCUT2D eigenvalue weighted by molar-refractivity contribution is 5.85. The molecule has 4 nitrogen and oxygen atoms in total. The minimum absolute atomic E-state index is 0. The Labute approximate surface area is 126 Å². The summed E-state index contributed by atoms with van der Waals surface area (Å²) in [6, 6.07) is 7.96. The van der Waals surface area contributed by atoms with Crippen LogP contribution in [0.3, 0.4) is 0 Å². The molecule has 1 aromatic rings. The van der Waals surface area contributed by atoms with Gasteiger partial charge in [-0.3, -0.25) is 4.79 Å². The van der Waals surface area contributed by atoms with E-state index in [2.05, 4.69) is 12.2 Å².